The molecular formula is C84H132Gd4N24O32. The van der Waals surface area contributed by atoms with E-state index in [1.165, 1.54) is 86.5 Å². The van der Waals surface area contributed by atoms with Crippen molar-refractivity contribution in [2.45, 2.75) is 51.9 Å². The Kier molecular flexibility index (Phi) is 69.3. The number of nitrogens with zero attached hydrogens (tertiary/aromatic N) is 20. The minimum Gasteiger partial charge on any atom is -0.549 e. The normalized spacial score (nSPS) is 19.8. The van der Waals surface area contributed by atoms with Gasteiger partial charge in [-0.05, 0) is 27.7 Å². The number of nitrogens with one attached hydrogen (secondary N) is 4. The zero-order valence-corrected chi connectivity index (χ0v) is 90.4. The maximum atomic E-state index is 15.1. The van der Waals surface area contributed by atoms with Gasteiger partial charge in [0.05, 0.1) is 122 Å². The molecule has 0 aromatic rings. The van der Waals surface area contributed by atoms with Gasteiger partial charge in [0, 0.05) is 340 Å². The van der Waals surface area contributed by atoms with Gasteiger partial charge in [-0.25, -0.2) is 0 Å². The summed E-state index contributed by atoms with van der Waals surface area (Å²) in [6.45, 7) is -10.3. The fourth-order valence-corrected chi connectivity index (χ4v) is 16.6. The maximum absolute atomic E-state index is 15.1. The summed E-state index contributed by atoms with van der Waals surface area (Å²) in [4.78, 5) is 290. The molecule has 4 atom stereocenters. The molecule has 4 radical (unpaired) electrons. The van der Waals surface area contributed by atoms with E-state index in [-0.39, 0.29) is 369 Å². The molecule has 5 rings (SSSR count). The van der Waals surface area contributed by atoms with Crippen molar-refractivity contribution in [1.82, 2.24) is 119 Å². The van der Waals surface area contributed by atoms with Gasteiger partial charge in [0.25, 0.3) is 0 Å². The largest absolute Gasteiger partial charge is 3.00 e. The number of amides is 8. The van der Waals surface area contributed by atoms with Gasteiger partial charge in [-0.1, -0.05) is 0 Å². The van der Waals surface area contributed by atoms with E-state index in [2.05, 4.69) is 21.3 Å². The van der Waals surface area contributed by atoms with Crippen molar-refractivity contribution in [3.63, 3.8) is 0 Å². The summed E-state index contributed by atoms with van der Waals surface area (Å²) in [5, 5.41) is 154. The topological polar surface area (TPSA) is 731 Å². The van der Waals surface area contributed by atoms with E-state index in [9.17, 15) is 138 Å². The first-order valence-electron chi connectivity index (χ1n) is 46.4. The number of aliphatic carboxylic acids is 12. The first-order valence-corrected chi connectivity index (χ1v) is 46.4. The molecule has 4 unspecified atom stereocenters. The third kappa shape index (κ3) is 56.2. The average molecular weight is 2620 g/mol. The number of carbonyl (C=O) groups excluding carboxylic acids is 20. The fraction of sp³-hybridized carbons (Fsp3) is 0.762. The quantitative estimate of drug-likeness (QED) is 0.0442. The number of hydrogen-bond donors (Lipinski definition) is 4. The Morgan fingerprint density at radius 3 is 0.347 bits per heavy atom. The fourth-order valence-electron chi connectivity index (χ4n) is 16.6. The zero-order chi connectivity index (χ0) is 104. The van der Waals surface area contributed by atoms with Crippen LogP contribution in [0.25, 0.3) is 0 Å². The molecule has 0 bridgehead atoms. The molecule has 5 heterocycles. The van der Waals surface area contributed by atoms with Crippen molar-refractivity contribution in [1.29, 1.82) is 0 Å². The van der Waals surface area contributed by atoms with Crippen molar-refractivity contribution in [3.8, 4) is 0 Å². The second-order valence-electron chi connectivity index (χ2n) is 35.0. The summed E-state index contributed by atoms with van der Waals surface area (Å²) in [7, 11) is 0. The number of carboxylic acid groups (broad SMARTS) is 12. The Labute approximate surface area is 963 Å². The predicted molar refractivity (Wildman–Crippen MR) is 460 cm³/mol. The first kappa shape index (κ1) is 136. The summed E-state index contributed by atoms with van der Waals surface area (Å²) >= 11 is 0. The monoisotopic (exact) mass is 2620 g/mol. The summed E-state index contributed by atoms with van der Waals surface area (Å²) < 4.78 is 0. The van der Waals surface area contributed by atoms with E-state index in [4.69, 9.17) is 0 Å². The van der Waals surface area contributed by atoms with Crippen LogP contribution < -0.4 is 82.5 Å². The number of hydrogen-bond acceptors (Lipinski definition) is 48. The third-order valence-electron chi connectivity index (χ3n) is 25.1. The van der Waals surface area contributed by atoms with Crippen molar-refractivity contribution >= 4 is 119 Å². The van der Waals surface area contributed by atoms with Crippen LogP contribution in [0.3, 0.4) is 0 Å². The summed E-state index contributed by atoms with van der Waals surface area (Å²) in [6.07, 6.45) is 0. The Morgan fingerprint density at radius 1 is 0.167 bits per heavy atom. The molecule has 8 amide bonds. The molecule has 60 heteroatoms. The standard InChI is InChI=1S/C84H144N24O32.4Gd/c1-61(101-29-21-93(53-73(121)122)13-5-89(49-69(113)114)6-14-94(22-30-101)54-74(123)124)81(137)85-45-65(109)105-37-39-106(66(110)46-86-82(138)62(2)102-31-23-95(55-75(125)126)15-7-90(50-70(115)116)8-16-96(24-32-102)56-76(127)128)41-43-108(68(112)48-88-84(140)64(4)104-35-27-99(59-79(133)134)19-11-92(52-72(119)120)12-20-100(28-36-104)60-80(135)136)44-42-107(40-38-105)67(111)47-87-83(139)63(3)103-33-25-97(57-77(129)130)17-9-91(51-71(117)118)10-18-98(26-34-103)58-78(131)132;;;;/h61-64H,5-60H2,1-4H3,(H,85,137)(H,86,138)(H,87,139)(H,88,140)(H,113,114)(H,115,116)(H,117,118)(H,119,120)(H,121,122)(H,123,124)(H,125,126)(H,127,128)(H,129,130)(H,131,132)(H,133,134)(H,135,136);;;;/q;4*+3/p-12. The molecule has 5 aliphatic rings. The van der Waals surface area contributed by atoms with E-state index in [1.807, 2.05) is 0 Å². The van der Waals surface area contributed by atoms with Crippen LogP contribution in [0, 0.1) is 160 Å². The van der Waals surface area contributed by atoms with Gasteiger partial charge in [-0.2, -0.15) is 0 Å². The maximum Gasteiger partial charge on any atom is 3.00 e. The second kappa shape index (κ2) is 73.3. The molecule has 0 spiro atoms. The van der Waals surface area contributed by atoms with E-state index in [0.29, 0.717) is 0 Å². The predicted octanol–water partition coefficient (Wildman–Crippen LogP) is -28.8. The van der Waals surface area contributed by atoms with Crippen LogP contribution in [-0.2, 0) is 95.9 Å². The number of carbonyl (C=O) groups is 20. The molecule has 4 N–H and O–H groups in total. The van der Waals surface area contributed by atoms with Gasteiger partial charge in [-0.15, -0.1) is 0 Å². The number of rotatable bonds is 40. The van der Waals surface area contributed by atoms with Crippen LogP contribution >= 0.6 is 0 Å². The zero-order valence-electron chi connectivity index (χ0n) is 81.3. The van der Waals surface area contributed by atoms with E-state index in [1.54, 1.807) is 19.6 Å². The Morgan fingerprint density at radius 2 is 0.257 bits per heavy atom. The van der Waals surface area contributed by atoms with E-state index < -0.39 is 300 Å². The van der Waals surface area contributed by atoms with Crippen molar-refractivity contribution in [2.24, 2.45) is 0 Å². The molecule has 5 aliphatic heterocycles. The van der Waals surface area contributed by atoms with Gasteiger partial charge in [0.2, 0.25) is 47.3 Å². The van der Waals surface area contributed by atoms with Crippen molar-refractivity contribution < 1.29 is 317 Å². The van der Waals surface area contributed by atoms with Gasteiger partial charge >= 0.3 is 160 Å². The molecule has 0 aromatic heterocycles. The molecule has 812 valence electrons. The van der Waals surface area contributed by atoms with Crippen LogP contribution in [0.15, 0.2) is 0 Å². The molecule has 56 nitrogen and oxygen atoms in total. The smallest absolute Gasteiger partial charge is 0.549 e. The van der Waals surface area contributed by atoms with Gasteiger partial charge in [-0.3, -0.25) is 117 Å². The average Bonchev–Trinajstić information content (AvgIpc) is 0.848. The summed E-state index contributed by atoms with van der Waals surface area (Å²) in [5.41, 5.74) is 0. The Bertz CT molecular complexity index is 3510. The first-order chi connectivity index (χ1) is 66.2. The number of carboxylic acids is 12. The van der Waals surface area contributed by atoms with Gasteiger partial charge < -0.3 is 160 Å². The van der Waals surface area contributed by atoms with Crippen LogP contribution in [0.2, 0.25) is 0 Å². The molecule has 5 fully saturated rings. The molecule has 0 aliphatic carbocycles. The molecule has 0 saturated carbocycles. The Hall–Kier alpha value is -5.94. The third-order valence-corrected chi connectivity index (χ3v) is 25.1. The molecular weight excluding hydrogens is 2490 g/mol. The van der Waals surface area contributed by atoms with Crippen molar-refractivity contribution in [3.05, 3.63) is 0 Å². The summed E-state index contributed by atoms with van der Waals surface area (Å²) in [5.74, 6) is -24.4. The van der Waals surface area contributed by atoms with E-state index in [0.717, 1.165) is 19.6 Å². The molecule has 0 aromatic carbocycles. The SMILES string of the molecule is CC(C(=O)NCC(=O)N1CCN(C(=O)CNC(=O)C(C)N2CCN(CC(=O)[O-])CCN(CC(=O)[O-])CCN(CC(=O)[O-])CC2)CCN(C(=O)CNC(=O)C(C)N2CCN(CC(=O)[O-])CCN(CC(=O)[O-])CCN(CC(=O)[O-])CC2)CCN(C(=O)CNC(=O)C(C)N2CCN(CC(=O)[O-])CCN(CC(=O)[O-])CCN(CC(=O)[O-])CC2)CC1)N1CCN(CC(=O)[O-])CCN(CC(=O)[O-])CCN(CC(=O)[O-])CC1.[Gd+3].[Gd+3].[Gd+3].[Gd+3]. The molecule has 144 heavy (non-hydrogen) atoms. The van der Waals surface area contributed by atoms with Crippen molar-refractivity contribution in [2.75, 3.05) is 367 Å². The van der Waals surface area contributed by atoms with Crippen LogP contribution in [0.4, 0.5) is 0 Å². The minimum atomic E-state index is -1.49. The summed E-state index contributed by atoms with van der Waals surface area (Å²) in [6, 6.07) is -4.74. The van der Waals surface area contributed by atoms with Gasteiger partial charge in [0.15, 0.2) is 0 Å². The second-order valence-corrected chi connectivity index (χ2v) is 35.0. The van der Waals surface area contributed by atoms with Crippen LogP contribution in [0.1, 0.15) is 27.7 Å². The molecule has 5 saturated heterocycles. The minimum absolute atomic E-state index is 0. The van der Waals surface area contributed by atoms with E-state index >= 15 is 19.2 Å². The Balaban J connectivity index is 0.0000259. The van der Waals surface area contributed by atoms with Crippen LogP contribution in [-0.4, -0.2) is 608 Å². The van der Waals surface area contributed by atoms with Gasteiger partial charge in [0.1, 0.15) is 0 Å². The van der Waals surface area contributed by atoms with Crippen LogP contribution in [0.5, 0.6) is 0 Å².